The summed E-state index contributed by atoms with van der Waals surface area (Å²) in [5, 5.41) is 5.57. The normalized spacial score (nSPS) is 33.5. The van der Waals surface area contributed by atoms with Crippen molar-refractivity contribution in [2.45, 2.75) is 27.2 Å². The van der Waals surface area contributed by atoms with Gasteiger partial charge in [0.15, 0.2) is 0 Å². The van der Waals surface area contributed by atoms with E-state index in [0.717, 1.165) is 27.6 Å². The molecule has 2 aromatic rings. The fourth-order valence-electron chi connectivity index (χ4n) is 6.26. The number of carbonyl (C=O) groups is 2. The third-order valence-electron chi connectivity index (χ3n) is 7.68. The van der Waals surface area contributed by atoms with Crippen LogP contribution in [0.1, 0.15) is 28.9 Å². The summed E-state index contributed by atoms with van der Waals surface area (Å²) in [4.78, 5) is 26.2. The monoisotopic (exact) mass is 399 g/mol. The van der Waals surface area contributed by atoms with Crippen LogP contribution in [0.3, 0.4) is 0 Å². The summed E-state index contributed by atoms with van der Waals surface area (Å²) in [6.45, 7) is 6.18. The van der Waals surface area contributed by atoms with E-state index >= 15 is 0 Å². The molecule has 0 spiro atoms. The first-order chi connectivity index (χ1) is 14.5. The molecule has 2 saturated carbocycles. The first-order valence-electron chi connectivity index (χ1n) is 10.8. The molecule has 2 bridgehead atoms. The fourth-order valence-corrected chi connectivity index (χ4v) is 6.26. The standard InChI is InChI=1S/C25H25N3O2/c1-13-5-4-6-17(9-13)27-14(2)10-16(15(27)3)12-26-28-24(29)22-18-7-8-19(21-11-20(18)21)23(22)25(28)30/h4-10,12,18-23H,11H2,1-3H3/b26-12-/t18-,19-,20-,21-,22+,23+/m0/s1. The molecule has 7 rings (SSSR count). The molecule has 4 aliphatic carbocycles. The van der Waals surface area contributed by atoms with Crippen LogP contribution in [-0.4, -0.2) is 27.6 Å². The minimum atomic E-state index is -0.201. The zero-order valence-electron chi connectivity index (χ0n) is 17.4. The van der Waals surface area contributed by atoms with Crippen molar-refractivity contribution in [2.75, 3.05) is 0 Å². The van der Waals surface area contributed by atoms with Crippen LogP contribution >= 0.6 is 0 Å². The van der Waals surface area contributed by atoms with E-state index in [0.29, 0.717) is 11.8 Å². The molecule has 0 unspecified atom stereocenters. The number of imide groups is 1. The second-order valence-corrected chi connectivity index (χ2v) is 9.39. The molecule has 3 fully saturated rings. The summed E-state index contributed by atoms with van der Waals surface area (Å²) in [6, 6.07) is 10.4. The van der Waals surface area contributed by atoms with Gasteiger partial charge in [-0.1, -0.05) is 24.3 Å². The maximum atomic E-state index is 13.1. The molecule has 2 heterocycles. The number of hydrogen-bond donors (Lipinski definition) is 0. The Kier molecular flexibility index (Phi) is 3.59. The average molecular weight is 399 g/mol. The average Bonchev–Trinajstić information content (AvgIpc) is 3.45. The van der Waals surface area contributed by atoms with E-state index in [4.69, 9.17) is 0 Å². The molecule has 1 aliphatic heterocycles. The van der Waals surface area contributed by atoms with Crippen LogP contribution in [0.2, 0.25) is 0 Å². The molecule has 152 valence electrons. The number of amides is 2. The minimum Gasteiger partial charge on any atom is -0.318 e. The number of rotatable bonds is 3. The Balaban J connectivity index is 1.31. The van der Waals surface area contributed by atoms with Crippen molar-refractivity contribution in [3.05, 3.63) is 65.0 Å². The molecule has 5 heteroatoms. The lowest BCUT2D eigenvalue weighted by Crippen LogP contribution is -2.40. The summed E-state index contributed by atoms with van der Waals surface area (Å²) in [7, 11) is 0. The van der Waals surface area contributed by atoms with Crippen molar-refractivity contribution in [1.29, 1.82) is 0 Å². The molecular weight excluding hydrogens is 374 g/mol. The van der Waals surface area contributed by atoms with Crippen molar-refractivity contribution in [2.24, 2.45) is 40.6 Å². The zero-order valence-corrected chi connectivity index (χ0v) is 17.4. The van der Waals surface area contributed by atoms with E-state index in [-0.39, 0.29) is 35.5 Å². The lowest BCUT2D eigenvalue weighted by molar-refractivity contribution is -0.140. The lowest BCUT2D eigenvalue weighted by Gasteiger charge is -2.37. The summed E-state index contributed by atoms with van der Waals surface area (Å²) in [6.07, 6.45) is 7.23. The Hall–Kier alpha value is -2.95. The fraction of sp³-hybridized carbons (Fsp3) is 0.400. The zero-order chi connectivity index (χ0) is 20.7. The van der Waals surface area contributed by atoms with Gasteiger partial charge in [-0.15, -0.1) is 0 Å². The Morgan fingerprint density at radius 1 is 0.967 bits per heavy atom. The van der Waals surface area contributed by atoms with Gasteiger partial charge in [-0.2, -0.15) is 10.1 Å². The molecule has 1 aromatic carbocycles. The number of hydrazone groups is 1. The number of hydrogen-bond acceptors (Lipinski definition) is 3. The van der Waals surface area contributed by atoms with Crippen LogP contribution in [-0.2, 0) is 9.59 Å². The highest BCUT2D eigenvalue weighted by Crippen LogP contribution is 2.65. The SMILES string of the molecule is Cc1cccc(-n2c(C)cc(/C=N\N3C(=O)[C@@H]4[C@H]5C=C[C@@H]([C@@H]6C[C@@H]56)[C@H]4C3=O)c2C)c1. The van der Waals surface area contributed by atoms with Crippen LogP contribution < -0.4 is 0 Å². The minimum absolute atomic E-state index is 0.113. The van der Waals surface area contributed by atoms with E-state index in [1.807, 2.05) is 13.0 Å². The Morgan fingerprint density at radius 3 is 2.27 bits per heavy atom. The summed E-state index contributed by atoms with van der Waals surface area (Å²) >= 11 is 0. The van der Waals surface area contributed by atoms with Crippen LogP contribution in [0.25, 0.3) is 5.69 Å². The van der Waals surface area contributed by atoms with Gasteiger partial charge in [-0.25, -0.2) is 0 Å². The van der Waals surface area contributed by atoms with Gasteiger partial charge in [0.25, 0.3) is 11.8 Å². The lowest BCUT2D eigenvalue weighted by atomic mass is 9.63. The summed E-state index contributed by atoms with van der Waals surface area (Å²) < 4.78 is 2.18. The highest BCUT2D eigenvalue weighted by molar-refractivity contribution is 6.06. The Morgan fingerprint density at radius 2 is 1.63 bits per heavy atom. The predicted octanol–water partition coefficient (Wildman–Crippen LogP) is 3.79. The Bertz CT molecular complexity index is 1120. The first-order valence-corrected chi connectivity index (χ1v) is 10.8. The molecule has 1 saturated heterocycles. The second kappa shape index (κ2) is 6.03. The molecule has 2 amide bonds. The van der Waals surface area contributed by atoms with Gasteiger partial charge in [0, 0.05) is 22.6 Å². The third kappa shape index (κ3) is 2.32. The first kappa shape index (κ1) is 17.9. The van der Waals surface area contributed by atoms with Crippen molar-refractivity contribution < 1.29 is 9.59 Å². The highest BCUT2D eigenvalue weighted by Gasteiger charge is 2.67. The van der Waals surface area contributed by atoms with Crippen LogP contribution in [0.15, 0.2) is 47.6 Å². The number of benzene rings is 1. The number of aryl methyl sites for hydroxylation is 2. The maximum absolute atomic E-state index is 13.1. The van der Waals surface area contributed by atoms with Gasteiger partial charge in [0.1, 0.15) is 0 Å². The highest BCUT2D eigenvalue weighted by atomic mass is 16.2. The molecule has 1 aromatic heterocycles. The van der Waals surface area contributed by atoms with Crippen molar-refractivity contribution in [3.8, 4) is 5.69 Å². The number of carbonyl (C=O) groups excluding carboxylic acids is 2. The van der Waals surface area contributed by atoms with Gasteiger partial charge in [0.2, 0.25) is 0 Å². The largest absolute Gasteiger partial charge is 0.318 e. The van der Waals surface area contributed by atoms with Crippen LogP contribution in [0.4, 0.5) is 0 Å². The van der Waals surface area contributed by atoms with E-state index in [1.165, 1.54) is 12.0 Å². The topological polar surface area (TPSA) is 54.7 Å². The molecule has 5 aliphatic rings. The van der Waals surface area contributed by atoms with Gasteiger partial charge in [-0.05, 0) is 74.6 Å². The summed E-state index contributed by atoms with van der Waals surface area (Å²) in [5.74, 6) is 1.05. The van der Waals surface area contributed by atoms with E-state index < -0.39 is 0 Å². The predicted molar refractivity (Wildman–Crippen MR) is 114 cm³/mol. The van der Waals surface area contributed by atoms with Crippen molar-refractivity contribution in [3.63, 3.8) is 0 Å². The Labute approximate surface area is 176 Å². The van der Waals surface area contributed by atoms with E-state index in [2.05, 4.69) is 59.9 Å². The van der Waals surface area contributed by atoms with Gasteiger partial charge in [0.05, 0.1) is 18.1 Å². The van der Waals surface area contributed by atoms with Crippen molar-refractivity contribution >= 4 is 18.0 Å². The van der Waals surface area contributed by atoms with Crippen molar-refractivity contribution in [1.82, 2.24) is 9.58 Å². The number of aromatic nitrogens is 1. The van der Waals surface area contributed by atoms with Gasteiger partial charge in [-0.3, -0.25) is 9.59 Å². The van der Waals surface area contributed by atoms with Crippen LogP contribution in [0, 0.1) is 56.3 Å². The number of allylic oxidation sites excluding steroid dienone is 2. The molecule has 0 N–H and O–H groups in total. The van der Waals surface area contributed by atoms with E-state index in [9.17, 15) is 9.59 Å². The molecular formula is C25H25N3O2. The molecule has 6 atom stereocenters. The van der Waals surface area contributed by atoms with Crippen LogP contribution in [0.5, 0.6) is 0 Å². The molecule has 0 radical (unpaired) electrons. The number of nitrogens with zero attached hydrogens (tertiary/aromatic N) is 3. The second-order valence-electron chi connectivity index (χ2n) is 9.39. The van der Waals surface area contributed by atoms with Gasteiger partial charge >= 0.3 is 0 Å². The molecule has 5 nitrogen and oxygen atoms in total. The maximum Gasteiger partial charge on any atom is 0.254 e. The smallest absolute Gasteiger partial charge is 0.254 e. The van der Waals surface area contributed by atoms with Gasteiger partial charge < -0.3 is 4.57 Å². The quantitative estimate of drug-likeness (QED) is 0.448. The summed E-state index contributed by atoms with van der Waals surface area (Å²) in [5.41, 5.74) is 5.36. The molecule has 30 heavy (non-hydrogen) atoms. The third-order valence-corrected chi connectivity index (χ3v) is 7.68. The van der Waals surface area contributed by atoms with E-state index in [1.54, 1.807) is 6.21 Å².